The van der Waals surface area contributed by atoms with Crippen molar-refractivity contribution in [3.05, 3.63) is 100 Å². The maximum Gasteiger partial charge on any atom is 0.167 e. The van der Waals surface area contributed by atoms with Crippen molar-refractivity contribution in [1.82, 2.24) is 0 Å². The van der Waals surface area contributed by atoms with Gasteiger partial charge in [-0.25, -0.2) is 13.2 Å². The molecule has 0 radical (unpaired) electrons. The van der Waals surface area contributed by atoms with E-state index in [1.165, 1.54) is 5.56 Å². The highest BCUT2D eigenvalue weighted by molar-refractivity contribution is 5.67. The van der Waals surface area contributed by atoms with Gasteiger partial charge in [-0.2, -0.15) is 0 Å². The molecule has 0 unspecified atom stereocenters. The Kier molecular flexibility index (Phi) is 7.37. The van der Waals surface area contributed by atoms with E-state index in [1.807, 2.05) is 49.4 Å². The van der Waals surface area contributed by atoms with Gasteiger partial charge < -0.3 is 0 Å². The second-order valence-corrected chi connectivity index (χ2v) is 9.27. The standard InChI is InChI=1S/C30H31F3/c1-3-4-21-6-13-24(14-7-21)27-18-16-25(29(32)30(27)33)15-10-22-8-11-23(12-9-22)26-17-5-20(2)19-28(26)31/h5-7,10,13-19,22-23H,3-4,8-9,11-12H2,1-2H3/b15-10+. The van der Waals surface area contributed by atoms with Crippen LogP contribution in [0.4, 0.5) is 13.2 Å². The summed E-state index contributed by atoms with van der Waals surface area (Å²) in [7, 11) is 0. The first-order valence-corrected chi connectivity index (χ1v) is 12.0. The largest absolute Gasteiger partial charge is 0.207 e. The second kappa shape index (κ2) is 10.4. The third-order valence-corrected chi connectivity index (χ3v) is 6.83. The molecule has 172 valence electrons. The second-order valence-electron chi connectivity index (χ2n) is 9.27. The highest BCUT2D eigenvalue weighted by Crippen LogP contribution is 2.38. The summed E-state index contributed by atoms with van der Waals surface area (Å²) in [5.41, 5.74) is 4.17. The van der Waals surface area contributed by atoms with Crippen molar-refractivity contribution >= 4 is 6.08 Å². The molecule has 0 aromatic heterocycles. The normalized spacial score (nSPS) is 18.7. The zero-order valence-electron chi connectivity index (χ0n) is 19.4. The van der Waals surface area contributed by atoms with Gasteiger partial charge >= 0.3 is 0 Å². The minimum Gasteiger partial charge on any atom is -0.207 e. The predicted octanol–water partition coefficient (Wildman–Crippen LogP) is 9.02. The molecule has 0 N–H and O–H groups in total. The number of hydrogen-bond acceptors (Lipinski definition) is 0. The van der Waals surface area contributed by atoms with Gasteiger partial charge in [0.1, 0.15) is 5.82 Å². The maximum atomic E-state index is 14.8. The molecular weight excluding hydrogens is 417 g/mol. The van der Waals surface area contributed by atoms with E-state index in [4.69, 9.17) is 0 Å². The molecule has 0 amide bonds. The summed E-state index contributed by atoms with van der Waals surface area (Å²) in [5.74, 6) is -1.21. The first kappa shape index (κ1) is 23.4. The zero-order chi connectivity index (χ0) is 23.4. The lowest BCUT2D eigenvalue weighted by atomic mass is 9.78. The van der Waals surface area contributed by atoms with Gasteiger partial charge in [0.15, 0.2) is 11.6 Å². The Morgan fingerprint density at radius 3 is 2.24 bits per heavy atom. The lowest BCUT2D eigenvalue weighted by Crippen LogP contribution is -2.13. The Morgan fingerprint density at radius 1 is 0.848 bits per heavy atom. The molecule has 0 bridgehead atoms. The molecule has 4 rings (SSSR count). The van der Waals surface area contributed by atoms with Crippen LogP contribution in [0.3, 0.4) is 0 Å². The smallest absolute Gasteiger partial charge is 0.167 e. The van der Waals surface area contributed by atoms with E-state index in [2.05, 4.69) is 6.92 Å². The number of halogens is 3. The number of hydrogen-bond donors (Lipinski definition) is 0. The molecule has 1 aliphatic carbocycles. The summed E-state index contributed by atoms with van der Waals surface area (Å²) in [6.45, 7) is 4.01. The maximum absolute atomic E-state index is 14.8. The lowest BCUT2D eigenvalue weighted by Gasteiger charge is -2.27. The van der Waals surface area contributed by atoms with E-state index in [9.17, 15) is 13.2 Å². The van der Waals surface area contributed by atoms with Crippen LogP contribution in [-0.2, 0) is 6.42 Å². The Balaban J connectivity index is 1.42. The van der Waals surface area contributed by atoms with Crippen molar-refractivity contribution in [3.8, 4) is 11.1 Å². The molecule has 33 heavy (non-hydrogen) atoms. The van der Waals surface area contributed by atoms with Crippen molar-refractivity contribution in [2.45, 2.75) is 58.3 Å². The average molecular weight is 449 g/mol. The minimum atomic E-state index is -0.809. The Labute approximate surface area is 195 Å². The summed E-state index contributed by atoms with van der Waals surface area (Å²) in [5, 5.41) is 0. The summed E-state index contributed by atoms with van der Waals surface area (Å²) >= 11 is 0. The molecule has 3 aromatic carbocycles. The SMILES string of the molecule is CCCc1ccc(-c2ccc(/C=C/C3CCC(c4ccc(C)cc4F)CC3)c(F)c2F)cc1. The number of rotatable bonds is 6. The summed E-state index contributed by atoms with van der Waals surface area (Å²) < 4.78 is 43.9. The lowest BCUT2D eigenvalue weighted by molar-refractivity contribution is 0.369. The third kappa shape index (κ3) is 5.40. The van der Waals surface area contributed by atoms with Crippen LogP contribution in [0.25, 0.3) is 17.2 Å². The molecule has 1 saturated carbocycles. The summed E-state index contributed by atoms with van der Waals surface area (Å²) in [6.07, 6.45) is 9.35. The van der Waals surface area contributed by atoms with Gasteiger partial charge in [-0.15, -0.1) is 0 Å². The number of allylic oxidation sites excluding steroid dienone is 1. The highest BCUT2D eigenvalue weighted by atomic mass is 19.2. The van der Waals surface area contributed by atoms with Crippen LogP contribution >= 0.6 is 0 Å². The van der Waals surface area contributed by atoms with E-state index >= 15 is 0 Å². The van der Waals surface area contributed by atoms with Gasteiger partial charge in [0.25, 0.3) is 0 Å². The first-order chi connectivity index (χ1) is 16.0. The van der Waals surface area contributed by atoms with Crippen LogP contribution in [0.5, 0.6) is 0 Å². The Hall–Kier alpha value is -2.81. The third-order valence-electron chi connectivity index (χ3n) is 6.83. The molecule has 3 heteroatoms. The molecule has 3 aromatic rings. The van der Waals surface area contributed by atoms with Gasteiger partial charge in [-0.3, -0.25) is 0 Å². The van der Waals surface area contributed by atoms with Gasteiger partial charge in [-0.1, -0.05) is 74.0 Å². The molecule has 0 spiro atoms. The fourth-order valence-electron chi connectivity index (χ4n) is 4.88. The van der Waals surface area contributed by atoms with Crippen LogP contribution in [0, 0.1) is 30.3 Å². The Morgan fingerprint density at radius 2 is 1.58 bits per heavy atom. The fraction of sp³-hybridized carbons (Fsp3) is 0.333. The van der Waals surface area contributed by atoms with Crippen molar-refractivity contribution in [1.29, 1.82) is 0 Å². The van der Waals surface area contributed by atoms with E-state index < -0.39 is 11.6 Å². The van der Waals surface area contributed by atoms with Crippen LogP contribution in [0.15, 0.2) is 60.7 Å². The zero-order valence-corrected chi connectivity index (χ0v) is 19.4. The van der Waals surface area contributed by atoms with Gasteiger partial charge in [0.2, 0.25) is 0 Å². The monoisotopic (exact) mass is 448 g/mol. The molecule has 0 nitrogen and oxygen atoms in total. The van der Waals surface area contributed by atoms with Crippen LogP contribution in [0.1, 0.15) is 67.2 Å². The van der Waals surface area contributed by atoms with Crippen LogP contribution in [0.2, 0.25) is 0 Å². The van der Waals surface area contributed by atoms with E-state index in [0.717, 1.165) is 49.7 Å². The minimum absolute atomic E-state index is 0.119. The topological polar surface area (TPSA) is 0 Å². The first-order valence-electron chi connectivity index (χ1n) is 12.0. The number of aryl methyl sites for hydroxylation is 2. The van der Waals surface area contributed by atoms with E-state index in [-0.39, 0.29) is 22.9 Å². The van der Waals surface area contributed by atoms with Crippen LogP contribution in [-0.4, -0.2) is 0 Å². The Bertz CT molecular complexity index is 1120. The predicted molar refractivity (Wildman–Crippen MR) is 131 cm³/mol. The fourth-order valence-corrected chi connectivity index (χ4v) is 4.88. The molecule has 0 atom stereocenters. The summed E-state index contributed by atoms with van der Waals surface area (Å²) in [4.78, 5) is 0. The van der Waals surface area contributed by atoms with Gasteiger partial charge in [0.05, 0.1) is 0 Å². The average Bonchev–Trinajstić information content (AvgIpc) is 2.81. The number of benzene rings is 3. The highest BCUT2D eigenvalue weighted by Gasteiger charge is 2.23. The molecule has 1 aliphatic rings. The molecular formula is C30H31F3. The van der Waals surface area contributed by atoms with Gasteiger partial charge in [-0.05, 0) is 79.2 Å². The van der Waals surface area contributed by atoms with E-state index in [1.54, 1.807) is 24.3 Å². The summed E-state index contributed by atoms with van der Waals surface area (Å²) in [6, 6.07) is 16.4. The van der Waals surface area contributed by atoms with Crippen molar-refractivity contribution < 1.29 is 13.2 Å². The quantitative estimate of drug-likeness (QED) is 0.353. The van der Waals surface area contributed by atoms with Crippen molar-refractivity contribution in [3.63, 3.8) is 0 Å². The van der Waals surface area contributed by atoms with Gasteiger partial charge in [0, 0.05) is 11.1 Å². The molecule has 0 heterocycles. The molecule has 0 saturated heterocycles. The van der Waals surface area contributed by atoms with Crippen molar-refractivity contribution in [2.24, 2.45) is 5.92 Å². The van der Waals surface area contributed by atoms with Crippen LogP contribution < -0.4 is 0 Å². The van der Waals surface area contributed by atoms with Crippen molar-refractivity contribution in [2.75, 3.05) is 0 Å². The molecule has 0 aliphatic heterocycles. The molecule has 1 fully saturated rings. The van der Waals surface area contributed by atoms with E-state index in [0.29, 0.717) is 11.5 Å².